The molecule has 0 aliphatic carbocycles. The van der Waals surface area contributed by atoms with Crippen LogP contribution in [0.4, 0.5) is 0 Å². The fourth-order valence-electron chi connectivity index (χ4n) is 1.31. The molecule has 1 atom stereocenters. The van der Waals surface area contributed by atoms with E-state index in [2.05, 4.69) is 9.93 Å². The quantitative estimate of drug-likeness (QED) is 0.277. The second-order valence-corrected chi connectivity index (χ2v) is 5.18. The Hall–Kier alpha value is -0.210. The van der Waals surface area contributed by atoms with Gasteiger partial charge in [0.15, 0.2) is 0 Å². The molecule has 0 bridgehead atoms. The molecule has 1 unspecified atom stereocenters. The lowest BCUT2D eigenvalue weighted by Crippen LogP contribution is -2.16. The van der Waals surface area contributed by atoms with Crippen LogP contribution in [0.1, 0.15) is 39.0 Å². The molecule has 0 fully saturated rings. The van der Waals surface area contributed by atoms with Crippen LogP contribution in [0.25, 0.3) is 0 Å². The van der Waals surface area contributed by atoms with Gasteiger partial charge in [-0.1, -0.05) is 24.8 Å². The maximum Gasteiger partial charge on any atom is 0.264 e. The summed E-state index contributed by atoms with van der Waals surface area (Å²) >= 11 is 0. The highest BCUT2D eigenvalue weighted by atomic mass is 32.2. The maximum atomic E-state index is 10.9. The average molecular weight is 256 g/mol. The van der Waals surface area contributed by atoms with E-state index in [0.717, 1.165) is 25.5 Å². The van der Waals surface area contributed by atoms with Crippen molar-refractivity contribution in [3.8, 4) is 0 Å². The normalized spacial score (nSPS) is 13.9. The zero-order valence-electron chi connectivity index (χ0n) is 9.72. The Bertz CT molecular complexity index is 251. The lowest BCUT2D eigenvalue weighted by atomic mass is 10.1. The Balaban J connectivity index is 3.56. The summed E-state index contributed by atoms with van der Waals surface area (Å²) in [5.74, 6) is 0. The van der Waals surface area contributed by atoms with Gasteiger partial charge in [0, 0.05) is 0 Å². The third-order valence-electron chi connectivity index (χ3n) is 2.07. The largest absolute Gasteiger partial charge is 0.267 e. The molecule has 0 aromatic carbocycles. The molecule has 7 heteroatoms. The Kier molecular flexibility index (Phi) is 8.77. The molecular formula is C9H20O6S. The van der Waals surface area contributed by atoms with Crippen LogP contribution >= 0.6 is 0 Å². The van der Waals surface area contributed by atoms with Crippen LogP contribution in [0.15, 0.2) is 0 Å². The first-order valence-electron chi connectivity index (χ1n) is 5.31. The molecule has 0 saturated carbocycles. The zero-order chi connectivity index (χ0) is 12.4. The predicted octanol–water partition coefficient (Wildman–Crippen LogP) is 1.72. The molecule has 0 saturated heterocycles. The van der Waals surface area contributed by atoms with E-state index in [4.69, 9.17) is 9.44 Å². The fraction of sp³-hybridized carbons (Fsp3) is 1.00. The van der Waals surface area contributed by atoms with Gasteiger partial charge in [-0.3, -0.25) is 4.18 Å². The number of hydrogen-bond acceptors (Lipinski definition) is 6. The van der Waals surface area contributed by atoms with Crippen LogP contribution in [0.3, 0.4) is 0 Å². The van der Waals surface area contributed by atoms with E-state index in [1.807, 2.05) is 6.92 Å². The minimum absolute atomic E-state index is 0.245. The SMILES string of the molecule is CCC(CCCCCOOO)OS(C)(=O)=O. The van der Waals surface area contributed by atoms with E-state index in [1.165, 1.54) is 0 Å². The summed E-state index contributed by atoms with van der Waals surface area (Å²) in [4.78, 5) is 4.28. The second kappa shape index (κ2) is 8.89. The Labute approximate surface area is 96.5 Å². The van der Waals surface area contributed by atoms with E-state index in [1.54, 1.807) is 0 Å². The highest BCUT2D eigenvalue weighted by Crippen LogP contribution is 2.12. The van der Waals surface area contributed by atoms with Crippen LogP contribution in [-0.4, -0.2) is 32.6 Å². The first-order chi connectivity index (χ1) is 7.49. The van der Waals surface area contributed by atoms with Gasteiger partial charge >= 0.3 is 0 Å². The molecule has 0 rings (SSSR count). The van der Waals surface area contributed by atoms with Gasteiger partial charge in [0.1, 0.15) is 0 Å². The molecule has 0 amide bonds. The van der Waals surface area contributed by atoms with E-state index in [-0.39, 0.29) is 6.10 Å². The molecule has 16 heavy (non-hydrogen) atoms. The summed E-state index contributed by atoms with van der Waals surface area (Å²) in [6.45, 7) is 2.21. The van der Waals surface area contributed by atoms with Crippen molar-refractivity contribution in [2.75, 3.05) is 12.9 Å². The predicted molar refractivity (Wildman–Crippen MR) is 58.1 cm³/mol. The minimum atomic E-state index is -3.36. The molecular weight excluding hydrogens is 236 g/mol. The summed E-state index contributed by atoms with van der Waals surface area (Å²) in [5, 5.41) is 11.3. The van der Waals surface area contributed by atoms with E-state index >= 15 is 0 Å². The monoisotopic (exact) mass is 256 g/mol. The molecule has 1 N–H and O–H groups in total. The summed E-state index contributed by atoms with van der Waals surface area (Å²) in [7, 11) is -3.36. The first-order valence-corrected chi connectivity index (χ1v) is 7.12. The Morgan fingerprint density at radius 1 is 1.25 bits per heavy atom. The first kappa shape index (κ1) is 15.8. The van der Waals surface area contributed by atoms with E-state index in [0.29, 0.717) is 19.4 Å². The van der Waals surface area contributed by atoms with Crippen molar-refractivity contribution in [2.45, 2.75) is 45.1 Å². The van der Waals surface area contributed by atoms with Crippen LogP contribution < -0.4 is 0 Å². The second-order valence-electron chi connectivity index (χ2n) is 3.58. The van der Waals surface area contributed by atoms with Crippen molar-refractivity contribution in [1.82, 2.24) is 0 Å². The highest BCUT2D eigenvalue weighted by molar-refractivity contribution is 7.86. The van der Waals surface area contributed by atoms with E-state index < -0.39 is 10.1 Å². The van der Waals surface area contributed by atoms with Gasteiger partial charge in [-0.2, -0.15) is 8.42 Å². The minimum Gasteiger partial charge on any atom is -0.267 e. The summed E-state index contributed by atoms with van der Waals surface area (Å²) in [6, 6.07) is 0. The molecule has 0 aromatic heterocycles. The average Bonchev–Trinajstić information content (AvgIpc) is 2.19. The summed E-state index contributed by atoms with van der Waals surface area (Å²) in [6.07, 6.45) is 4.64. The molecule has 0 heterocycles. The van der Waals surface area contributed by atoms with Gasteiger partial charge in [0.05, 0.1) is 19.0 Å². The van der Waals surface area contributed by atoms with Gasteiger partial charge in [-0.15, -0.1) is 0 Å². The third-order valence-corrected chi connectivity index (χ3v) is 2.69. The summed E-state index contributed by atoms with van der Waals surface area (Å²) in [5.41, 5.74) is 0. The van der Waals surface area contributed by atoms with Crippen LogP contribution in [0.2, 0.25) is 0 Å². The third kappa shape index (κ3) is 10.3. The zero-order valence-corrected chi connectivity index (χ0v) is 10.5. The number of hydrogen-bond donors (Lipinski definition) is 1. The van der Waals surface area contributed by atoms with E-state index in [9.17, 15) is 8.42 Å². The summed E-state index contributed by atoms with van der Waals surface area (Å²) < 4.78 is 26.7. The highest BCUT2D eigenvalue weighted by Gasteiger charge is 2.12. The fourth-order valence-corrected chi connectivity index (χ4v) is 2.04. The van der Waals surface area contributed by atoms with Crippen molar-refractivity contribution in [2.24, 2.45) is 0 Å². The lowest BCUT2D eigenvalue weighted by Gasteiger charge is -2.13. The van der Waals surface area contributed by atoms with Crippen molar-refractivity contribution < 1.29 is 27.8 Å². The van der Waals surface area contributed by atoms with Crippen LogP contribution in [0, 0.1) is 0 Å². The van der Waals surface area contributed by atoms with Gasteiger partial charge in [0.25, 0.3) is 10.1 Å². The molecule has 0 aliphatic rings. The Morgan fingerprint density at radius 3 is 2.44 bits per heavy atom. The van der Waals surface area contributed by atoms with Gasteiger partial charge in [-0.25, -0.2) is 10.1 Å². The van der Waals surface area contributed by atoms with Crippen LogP contribution in [-0.2, 0) is 24.2 Å². The molecule has 0 spiro atoms. The number of rotatable bonds is 10. The molecule has 0 aliphatic heterocycles. The topological polar surface area (TPSA) is 82.1 Å². The van der Waals surface area contributed by atoms with Gasteiger partial charge in [0.2, 0.25) is 0 Å². The number of unbranched alkanes of at least 4 members (excludes halogenated alkanes) is 2. The van der Waals surface area contributed by atoms with Gasteiger partial charge in [-0.05, 0) is 19.3 Å². The van der Waals surface area contributed by atoms with Crippen molar-refractivity contribution >= 4 is 10.1 Å². The molecule has 6 nitrogen and oxygen atoms in total. The smallest absolute Gasteiger partial charge is 0.264 e. The lowest BCUT2D eigenvalue weighted by molar-refractivity contribution is -0.490. The molecule has 98 valence electrons. The van der Waals surface area contributed by atoms with Crippen molar-refractivity contribution in [3.05, 3.63) is 0 Å². The van der Waals surface area contributed by atoms with Crippen LogP contribution in [0.5, 0.6) is 0 Å². The van der Waals surface area contributed by atoms with Crippen molar-refractivity contribution in [1.29, 1.82) is 0 Å². The Morgan fingerprint density at radius 2 is 1.94 bits per heavy atom. The standard InChI is InChI=1S/C9H20O6S/c1-3-9(14-16(2,11)12)7-5-4-6-8-13-15-10/h9-10H,3-8H2,1-2H3. The maximum absolute atomic E-state index is 10.9. The molecule has 0 radical (unpaired) electrons. The van der Waals surface area contributed by atoms with Crippen molar-refractivity contribution in [3.63, 3.8) is 0 Å². The molecule has 0 aromatic rings. The van der Waals surface area contributed by atoms with Gasteiger partial charge < -0.3 is 0 Å².